The molecule has 1 heterocycles. The van der Waals surface area contributed by atoms with Crippen molar-refractivity contribution in [1.82, 2.24) is 4.31 Å². The molecule has 1 fully saturated rings. The molecular weight excluding hydrogens is 395 g/mol. The number of nitrogens with one attached hydrogen (secondary N) is 1. The van der Waals surface area contributed by atoms with E-state index in [-0.39, 0.29) is 15.5 Å². The van der Waals surface area contributed by atoms with Crippen molar-refractivity contribution in [2.24, 2.45) is 0 Å². The molecule has 0 saturated carbocycles. The summed E-state index contributed by atoms with van der Waals surface area (Å²) in [5.74, 6) is -0.413. The number of anilines is 1. The normalized spacial score (nSPS) is 15.6. The average Bonchev–Trinajstić information content (AvgIpc) is 2.65. The van der Waals surface area contributed by atoms with Crippen molar-refractivity contribution in [2.75, 3.05) is 18.4 Å². The van der Waals surface area contributed by atoms with E-state index < -0.39 is 15.9 Å². The lowest BCUT2D eigenvalue weighted by atomic mass is 10.2. The third-order valence-corrected chi connectivity index (χ3v) is 6.99. The fourth-order valence-corrected chi connectivity index (χ4v) is 4.75. The molecular formula is C18H18Cl2N2O3S. The molecule has 1 N–H and O–H groups in total. The minimum absolute atomic E-state index is 0.177. The van der Waals surface area contributed by atoms with Gasteiger partial charge in [-0.1, -0.05) is 35.7 Å². The molecule has 0 radical (unpaired) electrons. The summed E-state index contributed by atoms with van der Waals surface area (Å²) in [6.07, 6.45) is 2.82. The molecule has 2 aromatic carbocycles. The maximum atomic E-state index is 12.6. The number of hydrogen-bond acceptors (Lipinski definition) is 3. The van der Waals surface area contributed by atoms with Gasteiger partial charge in [0.1, 0.15) is 0 Å². The van der Waals surface area contributed by atoms with Crippen LogP contribution >= 0.6 is 23.2 Å². The fraction of sp³-hybridized carbons (Fsp3) is 0.278. The lowest BCUT2D eigenvalue weighted by Crippen LogP contribution is -2.35. The van der Waals surface area contributed by atoms with Crippen LogP contribution in [-0.4, -0.2) is 31.7 Å². The maximum absolute atomic E-state index is 12.6. The van der Waals surface area contributed by atoms with Gasteiger partial charge >= 0.3 is 0 Å². The summed E-state index contributed by atoms with van der Waals surface area (Å²) in [7, 11) is -3.49. The van der Waals surface area contributed by atoms with Gasteiger partial charge in [-0.05, 0) is 49.2 Å². The minimum Gasteiger partial charge on any atom is -0.322 e. The third-order valence-electron chi connectivity index (χ3n) is 4.26. The zero-order valence-corrected chi connectivity index (χ0v) is 16.2. The zero-order valence-electron chi connectivity index (χ0n) is 13.9. The van der Waals surface area contributed by atoms with Crippen LogP contribution in [0.1, 0.15) is 29.6 Å². The highest BCUT2D eigenvalue weighted by Gasteiger charge is 2.25. The monoisotopic (exact) mass is 412 g/mol. The van der Waals surface area contributed by atoms with Crippen LogP contribution in [0.5, 0.6) is 0 Å². The van der Waals surface area contributed by atoms with Gasteiger partial charge in [-0.15, -0.1) is 0 Å². The number of nitrogens with zero attached hydrogens (tertiary/aromatic N) is 1. The first-order valence-corrected chi connectivity index (χ1v) is 10.4. The third kappa shape index (κ3) is 4.04. The summed E-state index contributed by atoms with van der Waals surface area (Å²) in [4.78, 5) is 12.6. The lowest BCUT2D eigenvalue weighted by molar-refractivity contribution is 0.102. The van der Waals surface area contributed by atoms with Crippen LogP contribution < -0.4 is 5.32 Å². The summed E-state index contributed by atoms with van der Waals surface area (Å²) in [6, 6.07) is 10.9. The lowest BCUT2D eigenvalue weighted by Gasteiger charge is -2.25. The van der Waals surface area contributed by atoms with Gasteiger partial charge in [-0.2, -0.15) is 4.31 Å². The van der Waals surface area contributed by atoms with Gasteiger partial charge in [0.05, 0.1) is 20.5 Å². The van der Waals surface area contributed by atoms with Crippen molar-refractivity contribution in [3.05, 3.63) is 58.1 Å². The smallest absolute Gasteiger partial charge is 0.257 e. The van der Waals surface area contributed by atoms with E-state index in [0.717, 1.165) is 19.3 Å². The molecule has 138 valence electrons. The van der Waals surface area contributed by atoms with Crippen molar-refractivity contribution in [1.29, 1.82) is 0 Å². The Morgan fingerprint density at radius 3 is 2.27 bits per heavy atom. The molecule has 2 aromatic rings. The molecule has 0 spiro atoms. The Morgan fingerprint density at radius 2 is 1.62 bits per heavy atom. The Morgan fingerprint density at radius 1 is 0.962 bits per heavy atom. The second kappa shape index (κ2) is 7.96. The van der Waals surface area contributed by atoms with E-state index in [9.17, 15) is 13.2 Å². The summed E-state index contributed by atoms with van der Waals surface area (Å²) in [5.41, 5.74) is 0.729. The predicted octanol–water partition coefficient (Wildman–Crippen LogP) is 4.42. The van der Waals surface area contributed by atoms with E-state index in [1.165, 1.54) is 16.4 Å². The molecule has 1 aliphatic heterocycles. The highest BCUT2D eigenvalue weighted by atomic mass is 35.5. The van der Waals surface area contributed by atoms with Gasteiger partial charge in [0.15, 0.2) is 0 Å². The number of piperidine rings is 1. The molecule has 3 rings (SSSR count). The maximum Gasteiger partial charge on any atom is 0.257 e. The van der Waals surface area contributed by atoms with E-state index in [4.69, 9.17) is 23.2 Å². The number of carbonyl (C=O) groups excluding carboxylic acids is 1. The number of halogens is 2. The zero-order chi connectivity index (χ0) is 18.7. The number of rotatable bonds is 4. The van der Waals surface area contributed by atoms with Crippen molar-refractivity contribution >= 4 is 44.8 Å². The molecule has 0 aliphatic carbocycles. The summed E-state index contributed by atoms with van der Waals surface area (Å²) >= 11 is 12.0. The van der Waals surface area contributed by atoms with E-state index >= 15 is 0 Å². The minimum atomic E-state index is -3.49. The SMILES string of the molecule is O=C(Nc1ccc(S(=O)(=O)N2CCCCC2)cc1)c1cccc(Cl)c1Cl. The molecule has 0 bridgehead atoms. The van der Waals surface area contributed by atoms with E-state index in [1.807, 2.05) is 0 Å². The Bertz CT molecular complexity index is 909. The van der Waals surface area contributed by atoms with Crippen LogP contribution in [0.2, 0.25) is 10.0 Å². The fourth-order valence-electron chi connectivity index (χ4n) is 2.84. The quantitative estimate of drug-likeness (QED) is 0.807. The number of carbonyl (C=O) groups is 1. The Kier molecular flexibility index (Phi) is 5.87. The van der Waals surface area contributed by atoms with Crippen LogP contribution in [-0.2, 0) is 10.0 Å². The topological polar surface area (TPSA) is 66.5 Å². The number of benzene rings is 2. The molecule has 1 saturated heterocycles. The summed E-state index contributed by atoms with van der Waals surface area (Å²) in [6.45, 7) is 1.10. The van der Waals surface area contributed by atoms with E-state index in [0.29, 0.717) is 23.8 Å². The highest BCUT2D eigenvalue weighted by molar-refractivity contribution is 7.89. The van der Waals surface area contributed by atoms with E-state index in [2.05, 4.69) is 5.32 Å². The second-order valence-corrected chi connectivity index (χ2v) is 8.77. The summed E-state index contributed by atoms with van der Waals surface area (Å²) < 4.78 is 26.8. The van der Waals surface area contributed by atoms with Crippen LogP contribution in [0.4, 0.5) is 5.69 Å². The Hall–Kier alpha value is -1.60. The van der Waals surface area contributed by atoms with Gasteiger partial charge in [0.25, 0.3) is 5.91 Å². The highest BCUT2D eigenvalue weighted by Crippen LogP contribution is 2.27. The molecule has 26 heavy (non-hydrogen) atoms. The first kappa shape index (κ1) is 19.2. The van der Waals surface area contributed by atoms with E-state index in [1.54, 1.807) is 30.3 Å². The van der Waals surface area contributed by atoms with Crippen molar-refractivity contribution < 1.29 is 13.2 Å². The van der Waals surface area contributed by atoms with Gasteiger partial charge in [-0.3, -0.25) is 4.79 Å². The molecule has 0 unspecified atom stereocenters. The number of hydrogen-bond donors (Lipinski definition) is 1. The Balaban J connectivity index is 1.75. The number of sulfonamides is 1. The van der Waals surface area contributed by atoms with Gasteiger partial charge in [0, 0.05) is 18.8 Å². The Labute approximate surface area is 163 Å². The largest absolute Gasteiger partial charge is 0.322 e. The molecule has 0 aromatic heterocycles. The molecule has 1 aliphatic rings. The van der Waals surface area contributed by atoms with Crippen LogP contribution in [0.3, 0.4) is 0 Å². The van der Waals surface area contributed by atoms with Crippen molar-refractivity contribution in [3.8, 4) is 0 Å². The average molecular weight is 413 g/mol. The van der Waals surface area contributed by atoms with Gasteiger partial charge < -0.3 is 5.32 Å². The molecule has 1 amide bonds. The van der Waals surface area contributed by atoms with Crippen LogP contribution in [0.25, 0.3) is 0 Å². The molecule has 5 nitrogen and oxygen atoms in total. The molecule has 8 heteroatoms. The van der Waals surface area contributed by atoms with Crippen LogP contribution in [0.15, 0.2) is 47.4 Å². The number of amides is 1. The molecule has 0 atom stereocenters. The standard InChI is InChI=1S/C18H18Cl2N2O3S/c19-16-6-4-5-15(17(16)20)18(23)21-13-7-9-14(10-8-13)26(24,25)22-11-2-1-3-12-22/h4-10H,1-3,11-12H2,(H,21,23). The van der Waals surface area contributed by atoms with Crippen molar-refractivity contribution in [2.45, 2.75) is 24.2 Å². The predicted molar refractivity (Wildman–Crippen MR) is 103 cm³/mol. The van der Waals surface area contributed by atoms with Gasteiger partial charge in [0.2, 0.25) is 10.0 Å². The second-order valence-electron chi connectivity index (χ2n) is 6.04. The first-order valence-electron chi connectivity index (χ1n) is 8.25. The van der Waals surface area contributed by atoms with Gasteiger partial charge in [-0.25, -0.2) is 8.42 Å². The van der Waals surface area contributed by atoms with Crippen LogP contribution in [0, 0.1) is 0 Å². The first-order chi connectivity index (χ1) is 12.4. The summed E-state index contributed by atoms with van der Waals surface area (Å²) in [5, 5.41) is 3.16. The van der Waals surface area contributed by atoms with Crippen molar-refractivity contribution in [3.63, 3.8) is 0 Å².